The first-order chi connectivity index (χ1) is 38.7. The van der Waals surface area contributed by atoms with Crippen molar-refractivity contribution in [2.24, 2.45) is 17.8 Å². The number of hydroxylamine groups is 1. The van der Waals surface area contributed by atoms with Gasteiger partial charge in [-0.3, -0.25) is 0 Å². The highest BCUT2D eigenvalue weighted by molar-refractivity contribution is 4.79. The summed E-state index contributed by atoms with van der Waals surface area (Å²) in [6.45, 7) is 13.4. The molecule has 2 N–H and O–H groups in total. The summed E-state index contributed by atoms with van der Waals surface area (Å²) in [6, 6.07) is 0. The average molecular weight is 1100 g/mol. The maximum atomic E-state index is 10.4. The van der Waals surface area contributed by atoms with Crippen LogP contribution < -0.4 is 5.48 Å². The lowest BCUT2D eigenvalue weighted by Gasteiger charge is -2.34. The molecule has 2 unspecified atom stereocenters. The number of ether oxygens (including phenoxy) is 2. The summed E-state index contributed by atoms with van der Waals surface area (Å²) >= 11 is 0. The molecular weight excluding hydrogens is 951 g/mol. The van der Waals surface area contributed by atoms with Gasteiger partial charge in [-0.1, -0.05) is 400 Å². The minimum absolute atomic E-state index is 0.385. The van der Waals surface area contributed by atoms with Crippen LogP contribution >= 0.6 is 0 Å². The Morgan fingerprint density at radius 3 is 0.577 bits per heavy atom. The van der Waals surface area contributed by atoms with Gasteiger partial charge in [0.25, 0.3) is 0 Å². The van der Waals surface area contributed by atoms with Crippen molar-refractivity contribution in [3.63, 3.8) is 0 Å². The molecule has 0 amide bonds. The second-order valence-corrected chi connectivity index (χ2v) is 26.1. The van der Waals surface area contributed by atoms with Gasteiger partial charge in [0.15, 0.2) is 0 Å². The van der Waals surface area contributed by atoms with Crippen LogP contribution in [-0.2, 0) is 9.47 Å². The van der Waals surface area contributed by atoms with Crippen molar-refractivity contribution in [2.45, 2.75) is 426 Å². The van der Waals surface area contributed by atoms with Crippen molar-refractivity contribution in [1.82, 2.24) is 5.48 Å². The van der Waals surface area contributed by atoms with Crippen molar-refractivity contribution >= 4 is 0 Å². The third kappa shape index (κ3) is 61.9. The Labute approximate surface area is 494 Å². The molecule has 4 heteroatoms. The maximum Gasteiger partial charge on any atom is 0.0497 e. The average Bonchev–Trinajstić information content (AvgIpc) is 3.45. The van der Waals surface area contributed by atoms with Crippen molar-refractivity contribution < 1.29 is 14.7 Å². The van der Waals surface area contributed by atoms with Crippen molar-refractivity contribution in [2.75, 3.05) is 33.0 Å². The fraction of sp³-hybridized carbons (Fsp3) is 1.00. The molecule has 0 radical (unpaired) electrons. The number of hydrogen-bond donors (Lipinski definition) is 2. The normalized spacial score (nSPS) is 13.0. The predicted octanol–water partition coefficient (Wildman–Crippen LogP) is 26.1. The first kappa shape index (κ1) is 77.8. The van der Waals surface area contributed by atoms with Crippen molar-refractivity contribution in [3.8, 4) is 0 Å². The standard InChI is InChI=1S/C74H151NO3/c1-5-9-13-17-21-25-29-33-37-39-43-47-51-55-59-63-67-77-70-72(65-61-57-53-49-45-41-35-31-27-23-19-15-11-7-3)74(69-75-76)73(66-62-58-54-50-46-42-36-32-28-24-20-16-12-8-4)71-78-68-64-60-56-52-48-44-40-38-34-30-26-22-18-14-10-6-2/h72-76H,5-71H2,1-4H3. The monoisotopic (exact) mass is 1100 g/mol. The quantitative estimate of drug-likeness (QED) is 0.0471. The largest absolute Gasteiger partial charge is 0.381 e. The summed E-state index contributed by atoms with van der Waals surface area (Å²) < 4.78 is 13.4. The van der Waals surface area contributed by atoms with Crippen LogP contribution in [0.3, 0.4) is 0 Å². The van der Waals surface area contributed by atoms with Gasteiger partial charge in [0.2, 0.25) is 0 Å². The highest BCUT2D eigenvalue weighted by atomic mass is 16.5. The van der Waals surface area contributed by atoms with Crippen LogP contribution in [0.5, 0.6) is 0 Å². The van der Waals surface area contributed by atoms with Crippen LogP contribution in [0, 0.1) is 17.8 Å². The van der Waals surface area contributed by atoms with E-state index < -0.39 is 0 Å². The van der Waals surface area contributed by atoms with Crippen LogP contribution in [-0.4, -0.2) is 38.2 Å². The van der Waals surface area contributed by atoms with Crippen molar-refractivity contribution in [1.29, 1.82) is 0 Å². The lowest BCUT2D eigenvalue weighted by molar-refractivity contribution is 0.00367. The van der Waals surface area contributed by atoms with Crippen LogP contribution in [0.15, 0.2) is 0 Å². The summed E-state index contributed by atoms with van der Waals surface area (Å²) in [5.41, 5.74) is 2.74. The van der Waals surface area contributed by atoms with Crippen LogP contribution in [0.4, 0.5) is 0 Å². The third-order valence-corrected chi connectivity index (χ3v) is 18.3. The maximum absolute atomic E-state index is 10.4. The lowest BCUT2D eigenvalue weighted by atomic mass is 9.77. The van der Waals surface area contributed by atoms with Gasteiger partial charge in [-0.05, 0) is 43.4 Å². The van der Waals surface area contributed by atoms with E-state index in [0.29, 0.717) is 24.3 Å². The van der Waals surface area contributed by atoms with E-state index in [1.807, 2.05) is 0 Å². The first-order valence-electron chi connectivity index (χ1n) is 37.3. The van der Waals surface area contributed by atoms with E-state index in [9.17, 15) is 5.21 Å². The number of nitrogens with one attached hydrogen (secondary N) is 1. The molecular formula is C74H151NO3. The highest BCUT2D eigenvalue weighted by Crippen LogP contribution is 2.32. The van der Waals surface area contributed by atoms with Gasteiger partial charge in [0.05, 0.1) is 0 Å². The lowest BCUT2D eigenvalue weighted by Crippen LogP contribution is -2.37. The minimum atomic E-state index is 0.385. The summed E-state index contributed by atoms with van der Waals surface area (Å²) in [7, 11) is 0. The molecule has 0 bridgehead atoms. The molecule has 4 nitrogen and oxygen atoms in total. The second-order valence-electron chi connectivity index (χ2n) is 26.1. The number of rotatable bonds is 72. The van der Waals surface area contributed by atoms with E-state index in [-0.39, 0.29) is 0 Å². The summed E-state index contributed by atoms with van der Waals surface area (Å²) in [5.74, 6) is 1.33. The van der Waals surface area contributed by atoms with E-state index in [2.05, 4.69) is 33.2 Å². The van der Waals surface area contributed by atoms with E-state index in [4.69, 9.17) is 9.47 Å². The molecule has 0 saturated heterocycles. The van der Waals surface area contributed by atoms with Gasteiger partial charge in [0.1, 0.15) is 0 Å². The van der Waals surface area contributed by atoms with Gasteiger partial charge < -0.3 is 14.7 Å². The molecule has 78 heavy (non-hydrogen) atoms. The second kappa shape index (κ2) is 71.1. The third-order valence-electron chi connectivity index (χ3n) is 18.3. The summed E-state index contributed by atoms with van der Waals surface area (Å²) in [4.78, 5) is 0. The molecule has 0 heterocycles. The van der Waals surface area contributed by atoms with Gasteiger partial charge >= 0.3 is 0 Å². The van der Waals surface area contributed by atoms with Gasteiger partial charge in [-0.2, -0.15) is 0 Å². The zero-order valence-electron chi connectivity index (χ0n) is 54.9. The number of hydrogen-bond acceptors (Lipinski definition) is 4. The Balaban J connectivity index is 5.17. The molecule has 0 fully saturated rings. The molecule has 0 spiro atoms. The first-order valence-corrected chi connectivity index (χ1v) is 37.3. The van der Waals surface area contributed by atoms with Gasteiger partial charge in [0, 0.05) is 33.0 Å². The zero-order valence-corrected chi connectivity index (χ0v) is 54.9. The fourth-order valence-corrected chi connectivity index (χ4v) is 12.8. The molecule has 0 aromatic rings. The van der Waals surface area contributed by atoms with Crippen molar-refractivity contribution in [3.05, 3.63) is 0 Å². The van der Waals surface area contributed by atoms with E-state index in [1.165, 1.54) is 398 Å². The smallest absolute Gasteiger partial charge is 0.0497 e. The molecule has 2 atom stereocenters. The van der Waals surface area contributed by atoms with E-state index in [1.54, 1.807) is 0 Å². The molecule has 0 aromatic carbocycles. The fourth-order valence-electron chi connectivity index (χ4n) is 12.8. The summed E-state index contributed by atoms with van der Waals surface area (Å²) in [6.07, 6.45) is 86.7. The number of unbranched alkanes of at least 4 members (excludes halogenated alkanes) is 56. The Bertz CT molecular complexity index is 946. The molecule has 0 aromatic heterocycles. The SMILES string of the molecule is CCCCCCCCCCCCCCCCCCOCC(CCCCCCCCCCCCCCCC)C(CNO)C(CCCCCCCCCCCCCCCC)COCCCCCCCCCCCCCCCCCC. The zero-order chi connectivity index (χ0) is 56.2. The van der Waals surface area contributed by atoms with Crippen LogP contribution in [0.1, 0.15) is 426 Å². The Morgan fingerprint density at radius 2 is 0.397 bits per heavy atom. The molecule has 0 aliphatic heterocycles. The molecule has 470 valence electrons. The Kier molecular flexibility index (Phi) is 71.0. The molecule has 0 saturated carbocycles. The predicted molar refractivity (Wildman–Crippen MR) is 351 cm³/mol. The minimum Gasteiger partial charge on any atom is -0.381 e. The van der Waals surface area contributed by atoms with E-state index >= 15 is 0 Å². The van der Waals surface area contributed by atoms with Crippen LogP contribution in [0.25, 0.3) is 0 Å². The molecule has 0 rings (SSSR count). The topological polar surface area (TPSA) is 50.7 Å². The van der Waals surface area contributed by atoms with E-state index in [0.717, 1.165) is 26.4 Å². The van der Waals surface area contributed by atoms with Gasteiger partial charge in [-0.25, -0.2) is 5.48 Å². The Hall–Kier alpha value is -0.160. The molecule has 0 aliphatic rings. The van der Waals surface area contributed by atoms with Crippen LogP contribution in [0.2, 0.25) is 0 Å². The summed E-state index contributed by atoms with van der Waals surface area (Å²) in [5, 5.41) is 10.4. The van der Waals surface area contributed by atoms with Gasteiger partial charge in [-0.15, -0.1) is 0 Å². The molecule has 0 aliphatic carbocycles. The highest BCUT2D eigenvalue weighted by Gasteiger charge is 2.29. The Morgan fingerprint density at radius 1 is 0.231 bits per heavy atom.